The highest BCUT2D eigenvalue weighted by Crippen LogP contribution is 2.09. The third-order valence-corrected chi connectivity index (χ3v) is 5.43. The van der Waals surface area contributed by atoms with Gasteiger partial charge >= 0.3 is 0 Å². The molecule has 2 aromatic rings. The number of sulfonamides is 1. The van der Waals surface area contributed by atoms with Crippen LogP contribution in [0.25, 0.3) is 0 Å². The fraction of sp³-hybridized carbons (Fsp3) is 0.400. The third kappa shape index (κ3) is 6.98. The first-order valence-electron chi connectivity index (χ1n) is 8.74. The van der Waals surface area contributed by atoms with Crippen molar-refractivity contribution in [1.29, 1.82) is 0 Å². The molecule has 0 heterocycles. The second kappa shape index (κ2) is 9.13. The number of hydrogen-bond donors (Lipinski definition) is 2. The highest BCUT2D eigenvalue weighted by Gasteiger charge is 2.12. The molecule has 0 spiro atoms. The van der Waals surface area contributed by atoms with Gasteiger partial charge in [-0.25, -0.2) is 13.1 Å². The molecule has 0 atom stereocenters. The van der Waals surface area contributed by atoms with Gasteiger partial charge in [-0.05, 0) is 42.5 Å². The largest absolute Gasteiger partial charge is 0.309 e. The zero-order chi connectivity index (χ0) is 18.3. The minimum absolute atomic E-state index is 0.0165. The minimum atomic E-state index is -3.27. The van der Waals surface area contributed by atoms with E-state index < -0.39 is 10.0 Å². The van der Waals surface area contributed by atoms with Crippen molar-refractivity contribution in [2.24, 2.45) is 0 Å². The summed E-state index contributed by atoms with van der Waals surface area (Å²) in [5, 5.41) is 3.42. The smallest absolute Gasteiger partial charge is 0.216 e. The normalized spacial score (nSPS) is 11.8. The highest BCUT2D eigenvalue weighted by molar-refractivity contribution is 7.88. The van der Waals surface area contributed by atoms with Crippen LogP contribution in [0.2, 0.25) is 0 Å². The lowest BCUT2D eigenvalue weighted by atomic mass is 10.1. The van der Waals surface area contributed by atoms with Gasteiger partial charge in [-0.15, -0.1) is 0 Å². The summed E-state index contributed by atoms with van der Waals surface area (Å²) < 4.78 is 26.5. The SMILES string of the molecule is CCc1ccc(CNCc2ccc(CS(=O)(=O)NC(C)C)cc2)cc1. The first kappa shape index (κ1) is 19.6. The number of benzene rings is 2. The van der Waals surface area contributed by atoms with Crippen LogP contribution in [0.4, 0.5) is 0 Å². The molecule has 25 heavy (non-hydrogen) atoms. The van der Waals surface area contributed by atoms with Crippen LogP contribution in [-0.4, -0.2) is 14.5 Å². The van der Waals surface area contributed by atoms with Crippen LogP contribution in [0.5, 0.6) is 0 Å². The van der Waals surface area contributed by atoms with Crippen LogP contribution in [0.3, 0.4) is 0 Å². The van der Waals surface area contributed by atoms with E-state index in [-0.39, 0.29) is 11.8 Å². The molecule has 0 fully saturated rings. The molecule has 0 saturated carbocycles. The van der Waals surface area contributed by atoms with Gasteiger partial charge < -0.3 is 5.32 Å². The van der Waals surface area contributed by atoms with E-state index in [4.69, 9.17) is 0 Å². The molecule has 0 bridgehead atoms. The Morgan fingerprint density at radius 2 is 1.24 bits per heavy atom. The summed E-state index contributed by atoms with van der Waals surface area (Å²) in [6.07, 6.45) is 1.06. The molecule has 0 aliphatic carbocycles. The van der Waals surface area contributed by atoms with E-state index in [1.54, 1.807) is 0 Å². The summed E-state index contributed by atoms with van der Waals surface area (Å²) in [6.45, 7) is 7.37. The molecule has 0 radical (unpaired) electrons. The third-order valence-electron chi connectivity index (χ3n) is 3.88. The maximum Gasteiger partial charge on any atom is 0.216 e. The molecule has 0 aromatic heterocycles. The lowest BCUT2D eigenvalue weighted by Crippen LogP contribution is -2.31. The van der Waals surface area contributed by atoms with Gasteiger partial charge in [-0.2, -0.15) is 0 Å². The standard InChI is InChI=1S/C20H28N2O2S/c1-4-17-5-7-18(8-6-17)13-21-14-19-9-11-20(12-10-19)15-25(23,24)22-16(2)3/h5-12,16,21-22H,4,13-15H2,1-3H3. The maximum absolute atomic E-state index is 11.9. The molecule has 2 N–H and O–H groups in total. The van der Waals surface area contributed by atoms with Crippen molar-refractivity contribution < 1.29 is 8.42 Å². The summed E-state index contributed by atoms with van der Waals surface area (Å²) in [6, 6.07) is 16.3. The molecular formula is C20H28N2O2S. The zero-order valence-corrected chi connectivity index (χ0v) is 16.1. The van der Waals surface area contributed by atoms with Crippen LogP contribution < -0.4 is 10.0 Å². The van der Waals surface area contributed by atoms with Crippen molar-refractivity contribution in [2.75, 3.05) is 0 Å². The van der Waals surface area contributed by atoms with Crippen molar-refractivity contribution in [3.63, 3.8) is 0 Å². The quantitative estimate of drug-likeness (QED) is 0.721. The fourth-order valence-electron chi connectivity index (χ4n) is 2.62. The molecule has 4 nitrogen and oxygen atoms in total. The van der Waals surface area contributed by atoms with Crippen LogP contribution in [0, 0.1) is 0 Å². The lowest BCUT2D eigenvalue weighted by Gasteiger charge is -2.10. The number of hydrogen-bond acceptors (Lipinski definition) is 3. The molecule has 0 unspecified atom stereocenters. The average molecular weight is 361 g/mol. The second-order valence-corrected chi connectivity index (χ2v) is 8.38. The summed E-state index contributed by atoms with van der Waals surface area (Å²) >= 11 is 0. The van der Waals surface area contributed by atoms with Crippen molar-refractivity contribution in [3.8, 4) is 0 Å². The first-order valence-corrected chi connectivity index (χ1v) is 10.4. The molecule has 5 heteroatoms. The van der Waals surface area contributed by atoms with Gasteiger partial charge in [-0.1, -0.05) is 55.5 Å². The zero-order valence-electron chi connectivity index (χ0n) is 15.2. The van der Waals surface area contributed by atoms with Gasteiger partial charge in [0.2, 0.25) is 10.0 Å². The van der Waals surface area contributed by atoms with Crippen LogP contribution >= 0.6 is 0 Å². The first-order chi connectivity index (χ1) is 11.9. The Bertz CT molecular complexity index is 751. The van der Waals surface area contributed by atoms with Gasteiger partial charge in [0.1, 0.15) is 0 Å². The number of nitrogens with one attached hydrogen (secondary N) is 2. The Labute approximate surface area is 151 Å². The Hall–Kier alpha value is -1.69. The van der Waals surface area contributed by atoms with Gasteiger partial charge in [0.15, 0.2) is 0 Å². The Morgan fingerprint density at radius 3 is 1.68 bits per heavy atom. The van der Waals surface area contributed by atoms with Crippen molar-refractivity contribution >= 4 is 10.0 Å². The van der Waals surface area contributed by atoms with Gasteiger partial charge in [-0.3, -0.25) is 0 Å². The molecule has 2 rings (SSSR count). The monoisotopic (exact) mass is 360 g/mol. The molecule has 0 aliphatic rings. The molecule has 0 amide bonds. The van der Waals surface area contributed by atoms with Crippen molar-refractivity contribution in [3.05, 3.63) is 70.8 Å². The molecule has 0 aliphatic heterocycles. The Kier molecular flexibility index (Phi) is 7.17. The molecule has 0 saturated heterocycles. The summed E-state index contributed by atoms with van der Waals surface area (Å²) in [5.41, 5.74) is 4.55. The molecule has 2 aromatic carbocycles. The van der Waals surface area contributed by atoms with E-state index in [1.807, 2.05) is 38.1 Å². The summed E-state index contributed by atoms with van der Waals surface area (Å²) in [7, 11) is -3.27. The van der Waals surface area contributed by atoms with E-state index in [9.17, 15) is 8.42 Å². The van der Waals surface area contributed by atoms with Crippen molar-refractivity contribution in [1.82, 2.24) is 10.0 Å². The van der Waals surface area contributed by atoms with Crippen molar-refractivity contribution in [2.45, 2.75) is 52.1 Å². The predicted molar refractivity (Wildman–Crippen MR) is 104 cm³/mol. The van der Waals surface area contributed by atoms with E-state index >= 15 is 0 Å². The van der Waals surface area contributed by atoms with E-state index in [1.165, 1.54) is 11.1 Å². The Balaban J connectivity index is 1.83. The molecular weight excluding hydrogens is 332 g/mol. The van der Waals surface area contributed by atoms with Crippen LogP contribution in [0.1, 0.15) is 43.0 Å². The number of rotatable bonds is 9. The average Bonchev–Trinajstić information content (AvgIpc) is 2.55. The van der Waals surface area contributed by atoms with E-state index in [0.717, 1.165) is 30.6 Å². The second-order valence-electron chi connectivity index (χ2n) is 6.62. The van der Waals surface area contributed by atoms with Crippen LogP contribution in [0.15, 0.2) is 48.5 Å². The Morgan fingerprint density at radius 1 is 0.800 bits per heavy atom. The van der Waals surface area contributed by atoms with Crippen LogP contribution in [-0.2, 0) is 35.3 Å². The van der Waals surface area contributed by atoms with E-state index in [0.29, 0.717) is 0 Å². The molecule has 136 valence electrons. The highest BCUT2D eigenvalue weighted by atomic mass is 32.2. The van der Waals surface area contributed by atoms with Gasteiger partial charge in [0, 0.05) is 19.1 Å². The summed E-state index contributed by atoms with van der Waals surface area (Å²) in [4.78, 5) is 0. The summed E-state index contributed by atoms with van der Waals surface area (Å²) in [5.74, 6) is 0.0165. The van der Waals surface area contributed by atoms with Gasteiger partial charge in [0.25, 0.3) is 0 Å². The maximum atomic E-state index is 11.9. The topological polar surface area (TPSA) is 58.2 Å². The van der Waals surface area contributed by atoms with Gasteiger partial charge in [0.05, 0.1) is 5.75 Å². The predicted octanol–water partition coefficient (Wildman–Crippen LogP) is 3.37. The minimum Gasteiger partial charge on any atom is -0.309 e. The van der Waals surface area contributed by atoms with E-state index in [2.05, 4.69) is 41.2 Å². The lowest BCUT2D eigenvalue weighted by molar-refractivity contribution is 0.569. The fourth-order valence-corrected chi connectivity index (χ4v) is 4.05. The number of aryl methyl sites for hydroxylation is 1.